The van der Waals surface area contributed by atoms with Gasteiger partial charge in [-0.1, -0.05) is 42.5 Å². The van der Waals surface area contributed by atoms with E-state index in [-0.39, 0.29) is 5.91 Å². The lowest BCUT2D eigenvalue weighted by molar-refractivity contribution is 0.0657. The van der Waals surface area contributed by atoms with Gasteiger partial charge in [-0.3, -0.25) is 4.79 Å². The third kappa shape index (κ3) is 4.26. The molecule has 29 heavy (non-hydrogen) atoms. The Kier molecular flexibility index (Phi) is 5.79. The largest absolute Gasteiger partial charge is 0.459 e. The van der Waals surface area contributed by atoms with Crippen molar-refractivity contribution in [3.63, 3.8) is 0 Å². The number of carbonyl (C=O) groups is 1. The minimum atomic E-state index is -0.0488. The molecule has 0 radical (unpaired) electrons. The van der Waals surface area contributed by atoms with E-state index in [4.69, 9.17) is 9.41 Å². The molecule has 0 bridgehead atoms. The first-order chi connectivity index (χ1) is 14.3. The lowest BCUT2D eigenvalue weighted by Gasteiger charge is -2.36. The van der Waals surface area contributed by atoms with Gasteiger partial charge in [-0.2, -0.15) is 0 Å². The molecule has 0 unspecified atom stereocenters. The van der Waals surface area contributed by atoms with Gasteiger partial charge in [-0.25, -0.2) is 4.99 Å². The summed E-state index contributed by atoms with van der Waals surface area (Å²) in [4.78, 5) is 21.4. The van der Waals surface area contributed by atoms with Crippen molar-refractivity contribution in [3.05, 3.63) is 72.2 Å². The molecule has 6 heteroatoms. The average Bonchev–Trinajstić information content (AvgIpc) is 3.31. The predicted octanol–water partition coefficient (Wildman–Crippen LogP) is 3.36. The molecule has 1 aromatic heterocycles. The van der Waals surface area contributed by atoms with Crippen molar-refractivity contribution >= 4 is 22.6 Å². The number of piperazine rings is 1. The molecule has 2 heterocycles. The number of furan rings is 1. The first kappa shape index (κ1) is 19.1. The first-order valence-corrected chi connectivity index (χ1v) is 10.1. The van der Waals surface area contributed by atoms with E-state index in [0.29, 0.717) is 25.4 Å². The molecule has 1 amide bonds. The van der Waals surface area contributed by atoms with Crippen molar-refractivity contribution in [3.8, 4) is 0 Å². The third-order valence-corrected chi connectivity index (χ3v) is 5.21. The van der Waals surface area contributed by atoms with Crippen LogP contribution in [0.25, 0.3) is 10.8 Å². The monoisotopic (exact) mass is 390 g/mol. The number of hydrogen-bond donors (Lipinski definition) is 1. The molecule has 1 fully saturated rings. The fraction of sp³-hybridized carbons (Fsp3) is 0.304. The molecule has 1 saturated heterocycles. The molecule has 3 aromatic rings. The average molecular weight is 390 g/mol. The molecule has 1 aliphatic rings. The van der Waals surface area contributed by atoms with Gasteiger partial charge in [0.25, 0.3) is 5.91 Å². The van der Waals surface area contributed by atoms with Gasteiger partial charge < -0.3 is 19.5 Å². The Labute approximate surface area is 170 Å². The Morgan fingerprint density at radius 2 is 1.76 bits per heavy atom. The van der Waals surface area contributed by atoms with Crippen LogP contribution in [0.1, 0.15) is 23.0 Å². The van der Waals surface area contributed by atoms with Gasteiger partial charge in [0.1, 0.15) is 0 Å². The van der Waals surface area contributed by atoms with E-state index in [2.05, 4.69) is 59.6 Å². The summed E-state index contributed by atoms with van der Waals surface area (Å²) in [7, 11) is 0. The van der Waals surface area contributed by atoms with Gasteiger partial charge in [0.2, 0.25) is 0 Å². The van der Waals surface area contributed by atoms with Gasteiger partial charge in [-0.05, 0) is 35.4 Å². The van der Waals surface area contributed by atoms with Crippen LogP contribution in [0.5, 0.6) is 0 Å². The van der Waals surface area contributed by atoms with Gasteiger partial charge in [0.15, 0.2) is 11.7 Å². The Hall–Kier alpha value is -3.28. The van der Waals surface area contributed by atoms with E-state index < -0.39 is 0 Å². The number of guanidine groups is 1. The maximum Gasteiger partial charge on any atom is 0.289 e. The second-order valence-corrected chi connectivity index (χ2v) is 7.06. The summed E-state index contributed by atoms with van der Waals surface area (Å²) in [5.74, 6) is 1.24. The SMILES string of the molecule is CCNC(=NCc1cccc2ccccc12)N1CCN(C(=O)c2ccco2)CC1. The topological polar surface area (TPSA) is 61.1 Å². The second-order valence-electron chi connectivity index (χ2n) is 7.06. The predicted molar refractivity (Wildman–Crippen MR) is 115 cm³/mol. The highest BCUT2D eigenvalue weighted by molar-refractivity contribution is 5.91. The molecule has 150 valence electrons. The number of carbonyl (C=O) groups excluding carboxylic acids is 1. The van der Waals surface area contributed by atoms with Gasteiger partial charge in [0, 0.05) is 32.7 Å². The van der Waals surface area contributed by atoms with E-state index in [1.807, 2.05) is 4.90 Å². The molecule has 1 N–H and O–H groups in total. The van der Waals surface area contributed by atoms with Crippen LogP contribution in [0, 0.1) is 0 Å². The van der Waals surface area contributed by atoms with Crippen LogP contribution in [-0.4, -0.2) is 54.4 Å². The van der Waals surface area contributed by atoms with Crippen molar-refractivity contribution in [2.24, 2.45) is 4.99 Å². The van der Waals surface area contributed by atoms with Gasteiger partial charge >= 0.3 is 0 Å². The van der Waals surface area contributed by atoms with Gasteiger partial charge in [0.05, 0.1) is 12.8 Å². The Bertz CT molecular complexity index is 984. The van der Waals surface area contributed by atoms with E-state index in [1.165, 1.54) is 22.6 Å². The molecular weight excluding hydrogens is 364 g/mol. The van der Waals surface area contributed by atoms with Crippen molar-refractivity contribution in [1.82, 2.24) is 15.1 Å². The maximum atomic E-state index is 12.5. The molecule has 0 atom stereocenters. The smallest absolute Gasteiger partial charge is 0.289 e. The highest BCUT2D eigenvalue weighted by atomic mass is 16.3. The number of benzene rings is 2. The minimum absolute atomic E-state index is 0.0488. The van der Waals surface area contributed by atoms with Crippen LogP contribution in [0.15, 0.2) is 70.3 Å². The van der Waals surface area contributed by atoms with Crippen LogP contribution in [0.4, 0.5) is 0 Å². The molecule has 1 aliphatic heterocycles. The zero-order chi connectivity index (χ0) is 20.1. The lowest BCUT2D eigenvalue weighted by Crippen LogP contribution is -2.53. The highest BCUT2D eigenvalue weighted by Crippen LogP contribution is 2.19. The number of nitrogens with zero attached hydrogens (tertiary/aromatic N) is 3. The summed E-state index contributed by atoms with van der Waals surface area (Å²) in [5, 5.41) is 5.87. The van der Waals surface area contributed by atoms with Crippen LogP contribution in [-0.2, 0) is 6.54 Å². The normalized spacial score (nSPS) is 15.0. The minimum Gasteiger partial charge on any atom is -0.459 e. The maximum absolute atomic E-state index is 12.5. The summed E-state index contributed by atoms with van der Waals surface area (Å²) >= 11 is 0. The summed E-state index contributed by atoms with van der Waals surface area (Å²) in [6, 6.07) is 18.2. The number of hydrogen-bond acceptors (Lipinski definition) is 3. The lowest BCUT2D eigenvalue weighted by atomic mass is 10.1. The number of rotatable bonds is 4. The first-order valence-electron chi connectivity index (χ1n) is 10.1. The molecule has 4 rings (SSSR count). The molecule has 0 spiro atoms. The van der Waals surface area contributed by atoms with E-state index in [9.17, 15) is 4.79 Å². The Morgan fingerprint density at radius 1 is 1.00 bits per heavy atom. The fourth-order valence-electron chi connectivity index (χ4n) is 3.69. The van der Waals surface area contributed by atoms with Crippen LogP contribution in [0.2, 0.25) is 0 Å². The van der Waals surface area contributed by atoms with Crippen molar-refractivity contribution in [2.45, 2.75) is 13.5 Å². The molecule has 6 nitrogen and oxygen atoms in total. The fourth-order valence-corrected chi connectivity index (χ4v) is 3.69. The molecule has 2 aromatic carbocycles. The Morgan fingerprint density at radius 3 is 2.52 bits per heavy atom. The van der Waals surface area contributed by atoms with Crippen LogP contribution < -0.4 is 5.32 Å². The summed E-state index contributed by atoms with van der Waals surface area (Å²) < 4.78 is 5.24. The Balaban J connectivity index is 1.44. The second kappa shape index (κ2) is 8.82. The summed E-state index contributed by atoms with van der Waals surface area (Å²) in [6.07, 6.45) is 1.53. The third-order valence-electron chi connectivity index (χ3n) is 5.21. The highest BCUT2D eigenvalue weighted by Gasteiger charge is 2.25. The standard InChI is InChI=1S/C23H26N4O2/c1-2-24-23(25-17-19-9-5-8-18-7-3-4-10-20(18)19)27-14-12-26(13-15-27)22(28)21-11-6-16-29-21/h3-11,16H,2,12-15,17H2,1H3,(H,24,25). The van der Waals surface area contributed by atoms with E-state index in [1.54, 1.807) is 12.1 Å². The van der Waals surface area contributed by atoms with Gasteiger partial charge in [-0.15, -0.1) is 0 Å². The van der Waals surface area contributed by atoms with E-state index >= 15 is 0 Å². The number of amides is 1. The van der Waals surface area contributed by atoms with Crippen molar-refractivity contribution in [2.75, 3.05) is 32.7 Å². The molecule has 0 saturated carbocycles. The quantitative estimate of drug-likeness (QED) is 0.548. The number of aliphatic imine (C=N–C) groups is 1. The molecule has 0 aliphatic carbocycles. The van der Waals surface area contributed by atoms with Crippen molar-refractivity contribution in [1.29, 1.82) is 0 Å². The van der Waals surface area contributed by atoms with Crippen LogP contribution in [0.3, 0.4) is 0 Å². The zero-order valence-corrected chi connectivity index (χ0v) is 16.7. The number of nitrogens with one attached hydrogen (secondary N) is 1. The summed E-state index contributed by atoms with van der Waals surface area (Å²) in [5.41, 5.74) is 1.21. The summed E-state index contributed by atoms with van der Waals surface area (Å²) in [6.45, 7) is 6.29. The molecular formula is C23H26N4O2. The van der Waals surface area contributed by atoms with Crippen LogP contribution >= 0.6 is 0 Å². The van der Waals surface area contributed by atoms with E-state index in [0.717, 1.165) is 25.6 Å². The van der Waals surface area contributed by atoms with Crippen molar-refractivity contribution < 1.29 is 9.21 Å². The number of fused-ring (bicyclic) bond motifs is 1. The zero-order valence-electron chi connectivity index (χ0n) is 16.7.